The summed E-state index contributed by atoms with van der Waals surface area (Å²) >= 11 is 0. The number of aromatic nitrogens is 2. The maximum absolute atomic E-state index is 12.7. The van der Waals surface area contributed by atoms with Crippen molar-refractivity contribution in [3.05, 3.63) is 65.6 Å². The third-order valence-electron chi connectivity index (χ3n) is 3.31. The highest BCUT2D eigenvalue weighted by molar-refractivity contribution is 5.86. The molecule has 0 aliphatic rings. The molecule has 0 aliphatic heterocycles. The zero-order valence-corrected chi connectivity index (χ0v) is 12.1. The molecule has 1 N–H and O–H groups in total. The van der Waals surface area contributed by atoms with Crippen molar-refractivity contribution in [2.24, 2.45) is 0 Å². The van der Waals surface area contributed by atoms with Crippen LogP contribution in [0.15, 0.2) is 48.8 Å². The number of fused-ring (bicyclic) bond motifs is 1. The number of hydrogen-bond donors (Lipinski definition) is 1. The van der Waals surface area contributed by atoms with Crippen molar-refractivity contribution in [2.45, 2.75) is 12.8 Å². The maximum Gasteiger partial charge on any atom is 0.416 e. The Morgan fingerprint density at radius 1 is 1.25 bits per heavy atom. The molecule has 3 rings (SSSR count). The van der Waals surface area contributed by atoms with Gasteiger partial charge in [-0.2, -0.15) is 13.2 Å². The van der Waals surface area contributed by atoms with E-state index in [-0.39, 0.29) is 23.7 Å². The molecule has 0 saturated carbocycles. The minimum absolute atomic E-state index is 0.0984. The molecular formula is C16H11F3N2O3. The number of alkyl halides is 3. The molecule has 0 aliphatic carbocycles. The molecule has 1 aromatic carbocycles. The van der Waals surface area contributed by atoms with Crippen molar-refractivity contribution >= 4 is 11.6 Å². The SMILES string of the molecule is O=C(O)c1cn2cccc(OCc3cccc(C(F)(F)F)c3)c2n1. The molecule has 0 fully saturated rings. The lowest BCUT2D eigenvalue weighted by atomic mass is 10.1. The van der Waals surface area contributed by atoms with Crippen LogP contribution in [0.3, 0.4) is 0 Å². The van der Waals surface area contributed by atoms with Crippen molar-refractivity contribution < 1.29 is 27.8 Å². The van der Waals surface area contributed by atoms with E-state index < -0.39 is 17.7 Å². The number of hydrogen-bond acceptors (Lipinski definition) is 3. The highest BCUT2D eigenvalue weighted by atomic mass is 19.4. The second kappa shape index (κ2) is 5.88. The predicted molar refractivity (Wildman–Crippen MR) is 77.9 cm³/mol. The Bertz CT molecular complexity index is 903. The summed E-state index contributed by atoms with van der Waals surface area (Å²) in [5, 5.41) is 8.97. The van der Waals surface area contributed by atoms with Gasteiger partial charge in [0.2, 0.25) is 0 Å². The molecule has 8 heteroatoms. The van der Waals surface area contributed by atoms with Crippen LogP contribution in [-0.4, -0.2) is 20.5 Å². The number of carboxylic acid groups (broad SMARTS) is 1. The Kier molecular flexibility index (Phi) is 3.88. The van der Waals surface area contributed by atoms with Gasteiger partial charge in [-0.25, -0.2) is 9.78 Å². The predicted octanol–water partition coefficient (Wildman–Crippen LogP) is 3.63. The first kappa shape index (κ1) is 15.9. The van der Waals surface area contributed by atoms with Gasteiger partial charge in [-0.15, -0.1) is 0 Å². The highest BCUT2D eigenvalue weighted by Gasteiger charge is 2.30. The summed E-state index contributed by atoms with van der Waals surface area (Å²) < 4.78 is 45.1. The van der Waals surface area contributed by atoms with Gasteiger partial charge in [0.25, 0.3) is 0 Å². The van der Waals surface area contributed by atoms with Crippen LogP contribution in [0.25, 0.3) is 5.65 Å². The van der Waals surface area contributed by atoms with E-state index in [9.17, 15) is 18.0 Å². The largest absolute Gasteiger partial charge is 0.485 e. The topological polar surface area (TPSA) is 63.8 Å². The first-order valence-corrected chi connectivity index (χ1v) is 6.84. The molecule has 2 heterocycles. The molecule has 0 atom stereocenters. The summed E-state index contributed by atoms with van der Waals surface area (Å²) in [5.41, 5.74) is -0.278. The number of ether oxygens (including phenoxy) is 1. The lowest BCUT2D eigenvalue weighted by Gasteiger charge is -2.10. The third-order valence-corrected chi connectivity index (χ3v) is 3.31. The van der Waals surface area contributed by atoms with Crippen molar-refractivity contribution in [1.29, 1.82) is 0 Å². The van der Waals surface area contributed by atoms with Crippen LogP contribution in [0.4, 0.5) is 13.2 Å². The van der Waals surface area contributed by atoms with E-state index >= 15 is 0 Å². The smallest absolute Gasteiger partial charge is 0.416 e. The fourth-order valence-electron chi connectivity index (χ4n) is 2.20. The van der Waals surface area contributed by atoms with E-state index in [1.54, 1.807) is 18.3 Å². The number of nitrogens with zero attached hydrogens (tertiary/aromatic N) is 2. The van der Waals surface area contributed by atoms with E-state index in [0.717, 1.165) is 12.1 Å². The third kappa shape index (κ3) is 3.17. The Balaban J connectivity index is 1.85. The highest BCUT2D eigenvalue weighted by Crippen LogP contribution is 2.30. The van der Waals surface area contributed by atoms with E-state index in [2.05, 4.69) is 4.98 Å². The molecule has 0 spiro atoms. The Morgan fingerprint density at radius 3 is 2.75 bits per heavy atom. The maximum atomic E-state index is 12.7. The van der Waals surface area contributed by atoms with E-state index in [1.165, 1.54) is 22.7 Å². The molecule has 0 amide bonds. The average molecular weight is 336 g/mol. The molecule has 2 aromatic heterocycles. The summed E-state index contributed by atoms with van der Waals surface area (Å²) in [5.74, 6) is -0.898. The molecule has 124 valence electrons. The fraction of sp³-hybridized carbons (Fsp3) is 0.125. The molecule has 0 unspecified atom stereocenters. The Labute approximate surface area is 133 Å². The molecule has 0 radical (unpaired) electrons. The van der Waals surface area contributed by atoms with E-state index in [4.69, 9.17) is 9.84 Å². The monoisotopic (exact) mass is 336 g/mol. The number of rotatable bonds is 4. The van der Waals surface area contributed by atoms with E-state index in [1.807, 2.05) is 0 Å². The van der Waals surface area contributed by atoms with Gasteiger partial charge in [0.05, 0.1) is 5.56 Å². The lowest BCUT2D eigenvalue weighted by Crippen LogP contribution is -2.06. The van der Waals surface area contributed by atoms with Crippen molar-refractivity contribution in [1.82, 2.24) is 9.38 Å². The fourth-order valence-corrected chi connectivity index (χ4v) is 2.20. The molecular weight excluding hydrogens is 325 g/mol. The quantitative estimate of drug-likeness (QED) is 0.790. The minimum atomic E-state index is -4.42. The Hall–Kier alpha value is -3.03. The summed E-state index contributed by atoms with van der Waals surface area (Å²) in [7, 11) is 0. The van der Waals surface area contributed by atoms with Gasteiger partial charge < -0.3 is 14.2 Å². The van der Waals surface area contributed by atoms with Gasteiger partial charge >= 0.3 is 12.1 Å². The molecule has 5 nitrogen and oxygen atoms in total. The Morgan fingerprint density at radius 2 is 2.04 bits per heavy atom. The van der Waals surface area contributed by atoms with Gasteiger partial charge in [-0.3, -0.25) is 0 Å². The van der Waals surface area contributed by atoms with Crippen LogP contribution in [0.5, 0.6) is 5.75 Å². The van der Waals surface area contributed by atoms with Crippen LogP contribution in [0, 0.1) is 0 Å². The first-order chi connectivity index (χ1) is 11.3. The second-order valence-corrected chi connectivity index (χ2v) is 5.02. The first-order valence-electron chi connectivity index (χ1n) is 6.84. The lowest BCUT2D eigenvalue weighted by molar-refractivity contribution is -0.137. The number of carbonyl (C=O) groups is 1. The molecule has 0 bridgehead atoms. The van der Waals surface area contributed by atoms with Crippen LogP contribution in [0.1, 0.15) is 21.6 Å². The van der Waals surface area contributed by atoms with Crippen molar-refractivity contribution in [3.8, 4) is 5.75 Å². The standard InChI is InChI=1S/C16H11F3N2O3/c17-16(18,19)11-4-1-3-10(7-11)9-24-13-5-2-6-21-8-12(15(22)23)20-14(13)21/h1-8H,9H2,(H,22,23). The van der Waals surface area contributed by atoms with Gasteiger partial charge in [-0.05, 0) is 29.8 Å². The number of halogens is 3. The van der Waals surface area contributed by atoms with Gasteiger partial charge in [0.15, 0.2) is 17.1 Å². The molecule has 24 heavy (non-hydrogen) atoms. The summed E-state index contributed by atoms with van der Waals surface area (Å²) in [6.07, 6.45) is -1.49. The van der Waals surface area contributed by atoms with Crippen molar-refractivity contribution in [2.75, 3.05) is 0 Å². The number of carboxylic acids is 1. The summed E-state index contributed by atoms with van der Waals surface area (Å²) in [6, 6.07) is 8.01. The van der Waals surface area contributed by atoms with Crippen LogP contribution >= 0.6 is 0 Å². The summed E-state index contributed by atoms with van der Waals surface area (Å²) in [4.78, 5) is 14.9. The normalized spacial score (nSPS) is 11.6. The van der Waals surface area contributed by atoms with E-state index in [0.29, 0.717) is 5.56 Å². The van der Waals surface area contributed by atoms with Crippen LogP contribution < -0.4 is 4.74 Å². The minimum Gasteiger partial charge on any atom is -0.485 e. The van der Waals surface area contributed by atoms with Crippen LogP contribution in [0.2, 0.25) is 0 Å². The van der Waals surface area contributed by atoms with Gasteiger partial charge in [0, 0.05) is 12.4 Å². The molecule has 0 saturated heterocycles. The van der Waals surface area contributed by atoms with Gasteiger partial charge in [0.1, 0.15) is 6.61 Å². The second-order valence-electron chi connectivity index (χ2n) is 5.02. The number of imidazole rings is 1. The molecule has 3 aromatic rings. The van der Waals surface area contributed by atoms with Crippen molar-refractivity contribution in [3.63, 3.8) is 0 Å². The number of benzene rings is 1. The zero-order chi connectivity index (χ0) is 17.3. The van der Waals surface area contributed by atoms with Crippen LogP contribution in [-0.2, 0) is 12.8 Å². The average Bonchev–Trinajstić information content (AvgIpc) is 2.97. The summed E-state index contributed by atoms with van der Waals surface area (Å²) in [6.45, 7) is -0.0984. The number of pyridine rings is 1. The zero-order valence-electron chi connectivity index (χ0n) is 12.1. The van der Waals surface area contributed by atoms with Gasteiger partial charge in [-0.1, -0.05) is 12.1 Å². The number of aromatic carboxylic acids is 1.